The number of amides is 1. The average Bonchev–Trinajstić information content (AvgIpc) is 2.68. The van der Waals surface area contributed by atoms with Gasteiger partial charge in [0.2, 0.25) is 0 Å². The summed E-state index contributed by atoms with van der Waals surface area (Å²) >= 11 is 6.28. The van der Waals surface area contributed by atoms with Gasteiger partial charge in [0.1, 0.15) is 29.5 Å². The molecule has 0 fully saturated rings. The monoisotopic (exact) mass is 368 g/mol. The third-order valence-electron chi connectivity index (χ3n) is 3.57. The van der Waals surface area contributed by atoms with Gasteiger partial charge in [0.25, 0.3) is 5.91 Å². The molecule has 0 spiro atoms. The van der Waals surface area contributed by atoms with Gasteiger partial charge >= 0.3 is 0 Å². The lowest BCUT2D eigenvalue weighted by molar-refractivity contribution is 0.0958. The minimum Gasteiger partial charge on any atom is -0.487 e. The summed E-state index contributed by atoms with van der Waals surface area (Å²) in [6.07, 6.45) is 1.51. The Morgan fingerprint density at radius 3 is 2.58 bits per heavy atom. The van der Waals surface area contributed by atoms with Crippen LogP contribution in [0.5, 0.6) is 17.2 Å². The highest BCUT2D eigenvalue weighted by atomic mass is 35.5. The Balaban J connectivity index is 1.68. The topological polar surface area (TPSA) is 60.5 Å². The van der Waals surface area contributed by atoms with E-state index in [-0.39, 0.29) is 11.6 Å². The fraction of sp³-hybridized carbons (Fsp3) is 0.100. The van der Waals surface area contributed by atoms with Crippen molar-refractivity contribution in [3.8, 4) is 17.2 Å². The van der Waals surface area contributed by atoms with Gasteiger partial charge in [-0.15, -0.1) is 0 Å². The van der Waals surface area contributed by atoms with E-state index in [4.69, 9.17) is 21.1 Å². The summed E-state index contributed by atoms with van der Waals surface area (Å²) in [6, 6.07) is 18.2. The van der Waals surface area contributed by atoms with Crippen LogP contribution in [0.2, 0.25) is 5.02 Å². The fourth-order valence-corrected chi connectivity index (χ4v) is 2.49. The van der Waals surface area contributed by atoms with E-state index in [0.29, 0.717) is 28.9 Å². The number of ether oxygens (including phenoxy) is 2. The highest BCUT2D eigenvalue weighted by Crippen LogP contribution is 2.31. The van der Waals surface area contributed by atoms with Crippen molar-refractivity contribution in [3.05, 3.63) is 83.1 Å². The second kappa shape index (κ2) is 8.36. The number of nitrogens with zero attached hydrogens (tertiary/aromatic N) is 1. The summed E-state index contributed by atoms with van der Waals surface area (Å²) in [5.41, 5.74) is 1.33. The Morgan fingerprint density at radius 1 is 1.08 bits per heavy atom. The molecule has 6 heteroatoms. The van der Waals surface area contributed by atoms with Crippen LogP contribution in [0.25, 0.3) is 0 Å². The number of pyridine rings is 1. The third-order valence-corrected chi connectivity index (χ3v) is 3.86. The second-order valence-electron chi connectivity index (χ2n) is 5.42. The van der Waals surface area contributed by atoms with Crippen molar-refractivity contribution < 1.29 is 14.3 Å². The molecular formula is C20H17ClN2O3. The first-order valence-electron chi connectivity index (χ1n) is 7.98. The predicted octanol–water partition coefficient (Wildman–Crippen LogP) is 4.47. The van der Waals surface area contributed by atoms with Crippen LogP contribution in [-0.4, -0.2) is 17.9 Å². The molecule has 0 saturated carbocycles. The molecule has 0 bridgehead atoms. The first-order valence-corrected chi connectivity index (χ1v) is 8.36. The molecule has 0 saturated heterocycles. The van der Waals surface area contributed by atoms with E-state index in [9.17, 15) is 4.79 Å². The summed E-state index contributed by atoms with van der Waals surface area (Å²) in [7, 11) is 1.55. The maximum absolute atomic E-state index is 11.6. The normalized spacial score (nSPS) is 10.2. The predicted molar refractivity (Wildman–Crippen MR) is 99.9 cm³/mol. The number of hydrogen-bond acceptors (Lipinski definition) is 4. The maximum atomic E-state index is 11.6. The van der Waals surface area contributed by atoms with Crippen LogP contribution in [0.4, 0.5) is 0 Å². The standard InChI is InChI=1S/C20H17ClN2O3/c1-22-20(24)18-12-16(9-10-23-18)26-15-7-8-19(17(21)11-15)25-13-14-5-3-2-4-6-14/h2-12H,13H2,1H3,(H,22,24). The van der Waals surface area contributed by atoms with E-state index in [1.807, 2.05) is 30.3 Å². The lowest BCUT2D eigenvalue weighted by Crippen LogP contribution is -2.18. The Kier molecular flexibility index (Phi) is 5.71. The van der Waals surface area contributed by atoms with Crippen LogP contribution in [0, 0.1) is 0 Å². The molecule has 1 heterocycles. The van der Waals surface area contributed by atoms with Gasteiger partial charge in [-0.25, -0.2) is 0 Å². The summed E-state index contributed by atoms with van der Waals surface area (Å²) < 4.78 is 11.5. The number of hydrogen-bond donors (Lipinski definition) is 1. The molecular weight excluding hydrogens is 352 g/mol. The van der Waals surface area contributed by atoms with Gasteiger partial charge in [-0.1, -0.05) is 41.9 Å². The molecule has 1 amide bonds. The van der Waals surface area contributed by atoms with Gasteiger partial charge in [-0.05, 0) is 23.8 Å². The Hall–Kier alpha value is -3.05. The average molecular weight is 369 g/mol. The van der Waals surface area contributed by atoms with Gasteiger partial charge < -0.3 is 14.8 Å². The first-order chi connectivity index (χ1) is 12.7. The van der Waals surface area contributed by atoms with Gasteiger partial charge in [0, 0.05) is 25.4 Å². The molecule has 0 unspecified atom stereocenters. The molecule has 0 atom stereocenters. The van der Waals surface area contributed by atoms with E-state index in [0.717, 1.165) is 5.56 Å². The fourth-order valence-electron chi connectivity index (χ4n) is 2.26. The van der Waals surface area contributed by atoms with Crippen molar-refractivity contribution in [3.63, 3.8) is 0 Å². The minimum absolute atomic E-state index is 0.277. The van der Waals surface area contributed by atoms with Crippen LogP contribution in [0.15, 0.2) is 66.9 Å². The summed E-state index contributed by atoms with van der Waals surface area (Å²) in [4.78, 5) is 15.6. The number of carbonyl (C=O) groups is 1. The summed E-state index contributed by atoms with van der Waals surface area (Å²) in [5.74, 6) is 1.32. The molecule has 5 nitrogen and oxygen atoms in total. The quantitative estimate of drug-likeness (QED) is 0.697. The zero-order valence-electron chi connectivity index (χ0n) is 14.1. The van der Waals surface area contributed by atoms with Gasteiger partial charge in [-0.2, -0.15) is 0 Å². The summed E-state index contributed by atoms with van der Waals surface area (Å²) in [5, 5.41) is 2.97. The zero-order valence-corrected chi connectivity index (χ0v) is 14.9. The number of nitrogens with one attached hydrogen (secondary N) is 1. The van der Waals surface area contributed by atoms with Crippen molar-refractivity contribution in [2.24, 2.45) is 0 Å². The Labute approximate surface area is 156 Å². The van der Waals surface area contributed by atoms with Crippen molar-refractivity contribution in [2.75, 3.05) is 7.05 Å². The van der Waals surface area contributed by atoms with Crippen molar-refractivity contribution in [1.29, 1.82) is 0 Å². The number of rotatable bonds is 6. The molecule has 132 valence electrons. The van der Waals surface area contributed by atoms with Gasteiger partial charge in [0.05, 0.1) is 5.02 Å². The molecule has 0 aliphatic carbocycles. The van der Waals surface area contributed by atoms with Crippen LogP contribution < -0.4 is 14.8 Å². The van der Waals surface area contributed by atoms with Crippen LogP contribution >= 0.6 is 11.6 Å². The molecule has 3 rings (SSSR count). The third kappa shape index (κ3) is 4.52. The maximum Gasteiger partial charge on any atom is 0.269 e. The first kappa shape index (κ1) is 17.8. The van der Waals surface area contributed by atoms with E-state index >= 15 is 0 Å². The van der Waals surface area contributed by atoms with Crippen LogP contribution in [0.1, 0.15) is 16.1 Å². The van der Waals surface area contributed by atoms with Gasteiger partial charge in [-0.3, -0.25) is 9.78 Å². The Morgan fingerprint density at radius 2 is 1.85 bits per heavy atom. The van der Waals surface area contributed by atoms with E-state index in [1.54, 1.807) is 37.4 Å². The molecule has 1 aromatic heterocycles. The lowest BCUT2D eigenvalue weighted by atomic mass is 10.2. The number of aromatic nitrogens is 1. The van der Waals surface area contributed by atoms with Crippen molar-refractivity contribution in [1.82, 2.24) is 10.3 Å². The molecule has 0 aliphatic heterocycles. The van der Waals surface area contributed by atoms with Crippen LogP contribution in [0.3, 0.4) is 0 Å². The molecule has 3 aromatic rings. The number of carbonyl (C=O) groups excluding carboxylic acids is 1. The highest BCUT2D eigenvalue weighted by molar-refractivity contribution is 6.32. The smallest absolute Gasteiger partial charge is 0.269 e. The van der Waals surface area contributed by atoms with Crippen LogP contribution in [-0.2, 0) is 6.61 Å². The molecule has 26 heavy (non-hydrogen) atoms. The molecule has 2 aromatic carbocycles. The number of benzene rings is 2. The van der Waals surface area contributed by atoms with E-state index in [1.165, 1.54) is 6.20 Å². The van der Waals surface area contributed by atoms with Crippen molar-refractivity contribution in [2.45, 2.75) is 6.61 Å². The van der Waals surface area contributed by atoms with Gasteiger partial charge in [0.15, 0.2) is 0 Å². The molecule has 0 aliphatic rings. The number of halogens is 1. The SMILES string of the molecule is CNC(=O)c1cc(Oc2ccc(OCc3ccccc3)c(Cl)c2)ccn1. The highest BCUT2D eigenvalue weighted by Gasteiger charge is 2.09. The largest absolute Gasteiger partial charge is 0.487 e. The lowest BCUT2D eigenvalue weighted by Gasteiger charge is -2.11. The summed E-state index contributed by atoms with van der Waals surface area (Å²) in [6.45, 7) is 0.431. The zero-order chi connectivity index (χ0) is 18.4. The second-order valence-corrected chi connectivity index (χ2v) is 5.83. The van der Waals surface area contributed by atoms with E-state index < -0.39 is 0 Å². The minimum atomic E-state index is -0.279. The Bertz CT molecular complexity index is 901. The molecule has 1 N–H and O–H groups in total. The van der Waals surface area contributed by atoms with Crippen molar-refractivity contribution >= 4 is 17.5 Å². The molecule has 0 radical (unpaired) electrons. The van der Waals surface area contributed by atoms with E-state index in [2.05, 4.69) is 10.3 Å².